The predicted octanol–water partition coefficient (Wildman–Crippen LogP) is 2.10. The summed E-state index contributed by atoms with van der Waals surface area (Å²) in [5.41, 5.74) is 0.342. The summed E-state index contributed by atoms with van der Waals surface area (Å²) in [5.74, 6) is -0.220. The maximum Gasteiger partial charge on any atom is 0.267 e. The van der Waals surface area contributed by atoms with Gasteiger partial charge in [0.05, 0.1) is 5.60 Å². The van der Waals surface area contributed by atoms with Crippen LogP contribution >= 0.6 is 11.8 Å². The molecule has 0 unspecified atom stereocenters. The molecule has 0 aromatic carbocycles. The molecule has 22 heavy (non-hydrogen) atoms. The lowest BCUT2D eigenvalue weighted by Gasteiger charge is -2.32. The van der Waals surface area contributed by atoms with Gasteiger partial charge < -0.3 is 15.4 Å². The van der Waals surface area contributed by atoms with Crippen LogP contribution in [0.1, 0.15) is 42.6 Å². The number of hydrogen-bond acceptors (Lipinski definition) is 5. The zero-order valence-corrected chi connectivity index (χ0v) is 13.4. The third kappa shape index (κ3) is 3.25. The summed E-state index contributed by atoms with van der Waals surface area (Å²) in [6, 6.07) is 1.74. The number of aliphatic hydroxyl groups is 1. The molecule has 6 nitrogen and oxygen atoms in total. The molecule has 0 aliphatic heterocycles. The monoisotopic (exact) mass is 320 g/mol. The molecule has 0 spiro atoms. The van der Waals surface area contributed by atoms with E-state index in [0.717, 1.165) is 37.5 Å². The van der Waals surface area contributed by atoms with E-state index in [1.54, 1.807) is 12.3 Å². The highest BCUT2D eigenvalue weighted by molar-refractivity contribution is 7.98. The molecule has 0 bridgehead atoms. The number of nitrogens with zero attached hydrogens (tertiary/aromatic N) is 2. The number of aromatic amines is 1. The standard InChI is InChI=1S/C15H20N4O2S/c1-22-14-16-8-10-7-11(18-12(10)19-14)13(20)17-9-15(21)5-3-2-4-6-15/h7-8,21H,2-6,9H2,1H3,(H,17,20)(H,16,18,19). The molecule has 118 valence electrons. The molecule has 2 aromatic heterocycles. The molecule has 0 atom stereocenters. The molecule has 2 heterocycles. The molecule has 2 aromatic rings. The first-order valence-corrected chi connectivity index (χ1v) is 8.72. The molecule has 1 aliphatic rings. The van der Waals surface area contributed by atoms with Crippen LogP contribution in [0.25, 0.3) is 11.0 Å². The minimum absolute atomic E-state index is 0.220. The Labute approximate surface area is 133 Å². The molecular formula is C15H20N4O2S. The summed E-state index contributed by atoms with van der Waals surface area (Å²) in [4.78, 5) is 23.8. The highest BCUT2D eigenvalue weighted by Gasteiger charge is 2.29. The van der Waals surface area contributed by atoms with E-state index in [2.05, 4.69) is 20.3 Å². The predicted molar refractivity (Wildman–Crippen MR) is 86.0 cm³/mol. The number of thioether (sulfide) groups is 1. The van der Waals surface area contributed by atoms with E-state index < -0.39 is 5.60 Å². The van der Waals surface area contributed by atoms with Crippen molar-refractivity contribution in [3.05, 3.63) is 18.0 Å². The van der Waals surface area contributed by atoms with Gasteiger partial charge in [-0.1, -0.05) is 31.0 Å². The first kappa shape index (κ1) is 15.3. The lowest BCUT2D eigenvalue weighted by molar-refractivity contribution is 0.00522. The van der Waals surface area contributed by atoms with E-state index in [1.165, 1.54) is 11.8 Å². The van der Waals surface area contributed by atoms with Gasteiger partial charge in [0.1, 0.15) is 11.3 Å². The maximum atomic E-state index is 12.2. The Bertz CT molecular complexity index is 679. The van der Waals surface area contributed by atoms with E-state index >= 15 is 0 Å². The molecule has 7 heteroatoms. The Morgan fingerprint density at radius 1 is 1.45 bits per heavy atom. The SMILES string of the molecule is CSc1ncc2cc(C(=O)NCC3(O)CCCCC3)[nH]c2n1. The summed E-state index contributed by atoms with van der Waals surface area (Å²) >= 11 is 1.45. The van der Waals surface area contributed by atoms with Gasteiger partial charge in [-0.15, -0.1) is 0 Å². The molecule has 1 saturated carbocycles. The van der Waals surface area contributed by atoms with E-state index in [0.29, 0.717) is 23.0 Å². The second kappa shape index (κ2) is 6.26. The lowest BCUT2D eigenvalue weighted by atomic mass is 9.85. The Kier molecular flexibility index (Phi) is 4.35. The third-order valence-electron chi connectivity index (χ3n) is 4.14. The van der Waals surface area contributed by atoms with E-state index in [4.69, 9.17) is 0 Å². The molecule has 1 amide bonds. The van der Waals surface area contributed by atoms with Crippen molar-refractivity contribution in [2.24, 2.45) is 0 Å². The van der Waals surface area contributed by atoms with Gasteiger partial charge in [0, 0.05) is 18.1 Å². The minimum Gasteiger partial charge on any atom is -0.388 e. The number of carbonyl (C=O) groups is 1. The van der Waals surface area contributed by atoms with Gasteiger partial charge in [0.15, 0.2) is 5.16 Å². The number of rotatable bonds is 4. The van der Waals surface area contributed by atoms with Crippen molar-refractivity contribution >= 4 is 28.7 Å². The fourth-order valence-electron chi connectivity index (χ4n) is 2.85. The van der Waals surface area contributed by atoms with Crippen LogP contribution in [0.5, 0.6) is 0 Å². The molecule has 1 fully saturated rings. The summed E-state index contributed by atoms with van der Waals surface area (Å²) < 4.78 is 0. The number of hydrogen-bond donors (Lipinski definition) is 3. The summed E-state index contributed by atoms with van der Waals surface area (Å²) in [6.07, 6.45) is 8.32. The van der Waals surface area contributed by atoms with Gasteiger partial charge in [-0.3, -0.25) is 4.79 Å². The molecule has 3 rings (SSSR count). The largest absolute Gasteiger partial charge is 0.388 e. The van der Waals surface area contributed by atoms with Crippen LogP contribution in [0.15, 0.2) is 17.4 Å². The van der Waals surface area contributed by atoms with Crippen molar-refractivity contribution in [3.8, 4) is 0 Å². The van der Waals surface area contributed by atoms with Crippen molar-refractivity contribution in [3.63, 3.8) is 0 Å². The van der Waals surface area contributed by atoms with Crippen LogP contribution in [0.2, 0.25) is 0 Å². The minimum atomic E-state index is -0.758. The fraction of sp³-hybridized carbons (Fsp3) is 0.533. The Balaban J connectivity index is 1.69. The van der Waals surface area contributed by atoms with E-state index in [-0.39, 0.29) is 5.91 Å². The number of amides is 1. The van der Waals surface area contributed by atoms with Gasteiger partial charge in [0.25, 0.3) is 5.91 Å². The van der Waals surface area contributed by atoms with E-state index in [9.17, 15) is 9.90 Å². The van der Waals surface area contributed by atoms with Crippen LogP contribution < -0.4 is 5.32 Å². The van der Waals surface area contributed by atoms with Crippen LogP contribution in [0.4, 0.5) is 0 Å². The summed E-state index contributed by atoms with van der Waals surface area (Å²) in [5, 5.41) is 14.7. The zero-order valence-electron chi connectivity index (χ0n) is 12.6. The maximum absolute atomic E-state index is 12.2. The number of H-pyrrole nitrogens is 1. The van der Waals surface area contributed by atoms with Gasteiger partial charge in [0.2, 0.25) is 0 Å². The molecule has 0 radical (unpaired) electrons. The van der Waals surface area contributed by atoms with E-state index in [1.807, 2.05) is 6.26 Å². The third-order valence-corrected chi connectivity index (χ3v) is 4.70. The number of nitrogens with one attached hydrogen (secondary N) is 2. The van der Waals surface area contributed by atoms with Gasteiger partial charge in [-0.05, 0) is 25.2 Å². The first-order chi connectivity index (χ1) is 10.6. The van der Waals surface area contributed by atoms with Crippen LogP contribution in [-0.4, -0.2) is 44.4 Å². The lowest BCUT2D eigenvalue weighted by Crippen LogP contribution is -2.44. The second-order valence-electron chi connectivity index (χ2n) is 5.81. The number of fused-ring (bicyclic) bond motifs is 1. The summed E-state index contributed by atoms with van der Waals surface area (Å²) in [6.45, 7) is 0.295. The van der Waals surface area contributed by atoms with Crippen molar-refractivity contribution in [2.75, 3.05) is 12.8 Å². The first-order valence-electron chi connectivity index (χ1n) is 7.50. The Morgan fingerprint density at radius 2 is 2.23 bits per heavy atom. The van der Waals surface area contributed by atoms with Crippen molar-refractivity contribution in [2.45, 2.75) is 42.9 Å². The number of aromatic nitrogens is 3. The van der Waals surface area contributed by atoms with Gasteiger partial charge in [-0.2, -0.15) is 0 Å². The van der Waals surface area contributed by atoms with Gasteiger partial charge >= 0.3 is 0 Å². The Morgan fingerprint density at radius 3 is 2.95 bits per heavy atom. The van der Waals surface area contributed by atoms with Gasteiger partial charge in [-0.25, -0.2) is 9.97 Å². The number of carbonyl (C=O) groups excluding carboxylic acids is 1. The smallest absolute Gasteiger partial charge is 0.267 e. The Hall–Kier alpha value is -1.60. The second-order valence-corrected chi connectivity index (χ2v) is 6.58. The molecule has 0 saturated heterocycles. The molecule has 3 N–H and O–H groups in total. The normalized spacial score (nSPS) is 17.5. The topological polar surface area (TPSA) is 90.9 Å². The fourth-order valence-corrected chi connectivity index (χ4v) is 3.19. The van der Waals surface area contributed by atoms with Crippen molar-refractivity contribution < 1.29 is 9.90 Å². The average molecular weight is 320 g/mol. The van der Waals surface area contributed by atoms with Crippen LogP contribution in [0, 0.1) is 0 Å². The zero-order chi connectivity index (χ0) is 15.6. The van der Waals surface area contributed by atoms with Crippen molar-refractivity contribution in [1.82, 2.24) is 20.3 Å². The quantitative estimate of drug-likeness (QED) is 0.593. The molecular weight excluding hydrogens is 300 g/mol. The van der Waals surface area contributed by atoms with Crippen LogP contribution in [0.3, 0.4) is 0 Å². The average Bonchev–Trinajstić information content (AvgIpc) is 2.96. The van der Waals surface area contributed by atoms with Crippen LogP contribution in [-0.2, 0) is 0 Å². The molecule has 1 aliphatic carbocycles. The van der Waals surface area contributed by atoms with Crippen molar-refractivity contribution in [1.29, 1.82) is 0 Å². The highest BCUT2D eigenvalue weighted by Crippen LogP contribution is 2.27. The summed E-state index contributed by atoms with van der Waals surface area (Å²) in [7, 11) is 0. The highest BCUT2D eigenvalue weighted by atomic mass is 32.2.